The second-order valence-corrected chi connectivity index (χ2v) is 1.51. The number of rotatable bonds is 2. The Bertz CT molecular complexity index is 274. The third-order valence-electron chi connectivity index (χ3n) is 0.885. The smallest absolute Gasteiger partial charge is 0.195 e. The van der Waals surface area contributed by atoms with E-state index in [2.05, 4.69) is 0 Å². The molecule has 0 N–H and O–H groups in total. The lowest BCUT2D eigenvalue weighted by molar-refractivity contribution is -0.228. The molecule has 1 unspecified atom stereocenters. The normalized spacial score (nSPS) is 16.4. The molecule has 0 fully saturated rings. The first-order valence-corrected chi connectivity index (χ1v) is 2.34. The number of nitriles is 2. The molecule has 0 aliphatic carbocycles. The van der Waals surface area contributed by atoms with E-state index in [1.54, 1.807) is 0 Å². The van der Waals surface area contributed by atoms with Crippen molar-refractivity contribution in [1.82, 2.24) is 5.34 Å². The van der Waals surface area contributed by atoms with Gasteiger partial charge in [0.15, 0.2) is 0 Å². The highest BCUT2D eigenvalue weighted by Crippen LogP contribution is 2.20. The molecule has 0 saturated carbocycles. The van der Waals surface area contributed by atoms with Gasteiger partial charge >= 0.3 is 5.79 Å². The van der Waals surface area contributed by atoms with Crippen molar-refractivity contribution < 1.29 is 17.8 Å². The van der Waals surface area contributed by atoms with Gasteiger partial charge in [0.2, 0.25) is 5.71 Å². The van der Waals surface area contributed by atoms with Crippen LogP contribution in [0.15, 0.2) is 5.21 Å². The van der Waals surface area contributed by atoms with E-state index in [0.717, 1.165) is 0 Å². The summed E-state index contributed by atoms with van der Waals surface area (Å²) in [6.07, 6.45) is 0. The Labute approximate surface area is 63.7 Å². The quantitative estimate of drug-likeness (QED) is 0.276. The highest BCUT2D eigenvalue weighted by molar-refractivity contribution is 6.05. The van der Waals surface area contributed by atoms with E-state index in [9.17, 15) is 17.8 Å². The average molecular weight is 180 g/mol. The monoisotopic (exact) mass is 180 g/mol. The molecule has 0 aliphatic rings. The molecule has 0 spiro atoms. The van der Waals surface area contributed by atoms with Gasteiger partial charge in [-0.2, -0.15) is 14.9 Å². The summed E-state index contributed by atoms with van der Waals surface area (Å²) in [4.78, 5) is 0. The van der Waals surface area contributed by atoms with Crippen LogP contribution in [-0.4, -0.2) is 16.8 Å². The van der Waals surface area contributed by atoms with Crippen LogP contribution in [0.3, 0.4) is 0 Å². The van der Waals surface area contributed by atoms with E-state index in [4.69, 9.17) is 10.5 Å². The minimum absolute atomic E-state index is 0.396. The molecular formula is C4F4N4. The van der Waals surface area contributed by atoms with E-state index in [-0.39, 0.29) is 0 Å². The van der Waals surface area contributed by atoms with Gasteiger partial charge in [0, 0.05) is 0 Å². The fourth-order valence-corrected chi connectivity index (χ4v) is 0.320. The summed E-state index contributed by atoms with van der Waals surface area (Å²) in [5.74, 6) is -4.12. The molecule has 0 aromatic heterocycles. The van der Waals surface area contributed by atoms with Gasteiger partial charge in [-0.1, -0.05) is 18.7 Å². The maximum Gasteiger partial charge on any atom is 0.359 e. The lowest BCUT2D eigenvalue weighted by atomic mass is 10.2. The Morgan fingerprint density at radius 1 is 1.42 bits per heavy atom. The van der Waals surface area contributed by atoms with Crippen molar-refractivity contribution in [2.24, 2.45) is 5.21 Å². The number of nitrogens with zero attached hydrogens (tertiary/aromatic N) is 4. The molecule has 0 aromatic rings. The van der Waals surface area contributed by atoms with Gasteiger partial charge in [-0.25, -0.2) is 0 Å². The third-order valence-corrected chi connectivity index (χ3v) is 0.885. The first-order valence-electron chi connectivity index (χ1n) is 2.34. The zero-order valence-electron chi connectivity index (χ0n) is 5.30. The lowest BCUT2D eigenvalue weighted by Crippen LogP contribution is -2.41. The first-order chi connectivity index (χ1) is 5.52. The Morgan fingerprint density at radius 3 is 2.00 bits per heavy atom. The number of hydrogen-bond donors (Lipinski definition) is 0. The number of halogens is 4. The van der Waals surface area contributed by atoms with Crippen LogP contribution < -0.4 is 0 Å². The Hall–Kier alpha value is -1.67. The summed E-state index contributed by atoms with van der Waals surface area (Å²) in [6.45, 7) is 0. The molecule has 0 saturated heterocycles. The molecule has 0 aliphatic heterocycles. The van der Waals surface area contributed by atoms with Crippen molar-refractivity contribution in [3.63, 3.8) is 0 Å². The van der Waals surface area contributed by atoms with Crippen LogP contribution in [0.4, 0.5) is 17.8 Å². The van der Waals surface area contributed by atoms with Gasteiger partial charge in [-0.15, -0.1) is 0 Å². The van der Waals surface area contributed by atoms with Crippen LogP contribution in [0.5, 0.6) is 0 Å². The van der Waals surface area contributed by atoms with Gasteiger partial charge < -0.3 is 0 Å². The average Bonchev–Trinajstić information content (AvgIpc) is 2.05. The summed E-state index contributed by atoms with van der Waals surface area (Å²) < 4.78 is 46.9. The molecule has 12 heavy (non-hydrogen) atoms. The first kappa shape index (κ1) is 10.3. The van der Waals surface area contributed by atoms with Crippen molar-refractivity contribution >= 4 is 5.71 Å². The maximum absolute atomic E-state index is 12.5. The summed E-state index contributed by atoms with van der Waals surface area (Å²) in [5.41, 5.74) is -1.85. The van der Waals surface area contributed by atoms with Gasteiger partial charge in [-0.3, -0.25) is 0 Å². The Balaban J connectivity index is 5.07. The van der Waals surface area contributed by atoms with Crippen molar-refractivity contribution in [2.45, 2.75) is 5.79 Å². The minimum atomic E-state index is -4.12. The summed E-state index contributed by atoms with van der Waals surface area (Å²) in [6, 6.07) is 1.08. The molecule has 0 radical (unpaired) electrons. The predicted molar refractivity (Wildman–Crippen MR) is 27.7 cm³/mol. The van der Waals surface area contributed by atoms with E-state index in [1.165, 1.54) is 5.21 Å². The molecular weight excluding hydrogens is 180 g/mol. The van der Waals surface area contributed by atoms with Crippen molar-refractivity contribution in [1.29, 1.82) is 10.5 Å². The van der Waals surface area contributed by atoms with Crippen LogP contribution in [0.25, 0.3) is 0 Å². The van der Waals surface area contributed by atoms with E-state index < -0.39 is 16.8 Å². The lowest BCUT2D eigenvalue weighted by Gasteiger charge is -2.12. The minimum Gasteiger partial charge on any atom is -0.195 e. The zero-order valence-corrected chi connectivity index (χ0v) is 5.30. The molecule has 0 heterocycles. The number of hydrogen-bond acceptors (Lipinski definition) is 4. The topological polar surface area (TPSA) is 63.2 Å². The van der Waals surface area contributed by atoms with Crippen molar-refractivity contribution in [3.05, 3.63) is 0 Å². The second kappa shape index (κ2) is 3.64. The van der Waals surface area contributed by atoms with Crippen molar-refractivity contribution in [2.75, 3.05) is 0 Å². The number of alkyl halides is 1. The maximum atomic E-state index is 12.5. The van der Waals surface area contributed by atoms with Gasteiger partial charge in [-0.05, 0) is 0 Å². The highest BCUT2D eigenvalue weighted by Gasteiger charge is 2.46. The predicted octanol–water partition coefficient (Wildman–Crippen LogP) is 1.10. The summed E-state index contributed by atoms with van der Waals surface area (Å²) in [7, 11) is 0. The SMILES string of the molecule is N#CC(=NF)C(F)(C#N)N(F)F. The summed E-state index contributed by atoms with van der Waals surface area (Å²) in [5, 5.41) is 14.9. The summed E-state index contributed by atoms with van der Waals surface area (Å²) >= 11 is 0. The van der Waals surface area contributed by atoms with Crippen molar-refractivity contribution in [3.8, 4) is 12.1 Å². The van der Waals surface area contributed by atoms with Crippen LogP contribution in [0, 0.1) is 22.7 Å². The third kappa shape index (κ3) is 1.49. The van der Waals surface area contributed by atoms with Crippen LogP contribution in [0.2, 0.25) is 0 Å². The molecule has 1 atom stereocenters. The van der Waals surface area contributed by atoms with Crippen LogP contribution in [-0.2, 0) is 0 Å². The Kier molecular flexibility index (Phi) is 3.14. The molecule has 4 nitrogen and oxygen atoms in total. The largest absolute Gasteiger partial charge is 0.359 e. The standard InChI is InChI=1S/C4F4N4/c5-4(2-10,12(7)8)3(1-9)11-6. The zero-order chi connectivity index (χ0) is 9.78. The van der Waals surface area contributed by atoms with Gasteiger partial charge in [0.1, 0.15) is 12.1 Å². The van der Waals surface area contributed by atoms with E-state index >= 15 is 0 Å². The Morgan fingerprint density at radius 2 is 1.92 bits per heavy atom. The van der Waals surface area contributed by atoms with Crippen LogP contribution in [0.1, 0.15) is 0 Å². The van der Waals surface area contributed by atoms with E-state index in [1.807, 2.05) is 0 Å². The van der Waals surface area contributed by atoms with E-state index in [0.29, 0.717) is 12.1 Å². The molecule has 64 valence electrons. The van der Waals surface area contributed by atoms with Gasteiger partial charge in [0.05, 0.1) is 5.34 Å². The fourth-order valence-electron chi connectivity index (χ4n) is 0.320. The fraction of sp³-hybridized carbons (Fsp3) is 0.250. The molecule has 0 rings (SSSR count). The second-order valence-electron chi connectivity index (χ2n) is 1.51. The molecule has 0 aromatic carbocycles. The van der Waals surface area contributed by atoms with Gasteiger partial charge in [0.25, 0.3) is 0 Å². The highest BCUT2D eigenvalue weighted by atomic mass is 19.4. The molecule has 0 bridgehead atoms. The molecule has 0 amide bonds. The van der Waals surface area contributed by atoms with Crippen LogP contribution >= 0.6 is 0 Å². The molecule has 8 heteroatoms.